The summed E-state index contributed by atoms with van der Waals surface area (Å²) in [4.78, 5) is 19.7. The number of carbonyl (C=O) groups is 1. The van der Waals surface area contributed by atoms with Crippen LogP contribution in [0.1, 0.15) is 5.56 Å². The summed E-state index contributed by atoms with van der Waals surface area (Å²) in [5.41, 5.74) is 9.22. The molecule has 6 nitrogen and oxygen atoms in total. The summed E-state index contributed by atoms with van der Waals surface area (Å²) in [6, 6.07) is 13.0. The van der Waals surface area contributed by atoms with Crippen LogP contribution in [0.3, 0.4) is 0 Å². The molecule has 4 rings (SSSR count). The molecule has 1 aliphatic rings. The van der Waals surface area contributed by atoms with Crippen LogP contribution in [-0.4, -0.2) is 39.8 Å². The Kier molecular flexibility index (Phi) is 5.73. The van der Waals surface area contributed by atoms with Crippen LogP contribution in [0.5, 0.6) is 0 Å². The number of amides is 1. The van der Waals surface area contributed by atoms with E-state index in [0.29, 0.717) is 35.9 Å². The minimum absolute atomic E-state index is 0.0421. The molecule has 0 atom stereocenters. The Morgan fingerprint density at radius 2 is 2.00 bits per heavy atom. The van der Waals surface area contributed by atoms with Crippen LogP contribution in [0.4, 0.5) is 10.2 Å². The third kappa shape index (κ3) is 4.55. The first-order chi connectivity index (χ1) is 14.1. The molecule has 0 radical (unpaired) electrons. The highest BCUT2D eigenvalue weighted by Crippen LogP contribution is 2.31. The van der Waals surface area contributed by atoms with Gasteiger partial charge in [-0.15, -0.1) is 0 Å². The van der Waals surface area contributed by atoms with Crippen LogP contribution in [0, 0.1) is 5.82 Å². The number of nitrogens with zero attached hydrogens (tertiary/aromatic N) is 3. The lowest BCUT2D eigenvalue weighted by Gasteiger charge is -2.25. The van der Waals surface area contributed by atoms with E-state index in [2.05, 4.69) is 19.6 Å². The Morgan fingerprint density at radius 1 is 1.14 bits per heavy atom. The number of nitrogen functional groups attached to an aromatic ring is 1. The SMILES string of the molecule is Nc1cnc(-c2ccc(-c3ccccc3CSN3CCNC(=O)C3)cc2F)cn1. The first-order valence-electron chi connectivity index (χ1n) is 9.20. The quantitative estimate of drug-likeness (QED) is 0.630. The third-order valence-electron chi connectivity index (χ3n) is 4.65. The number of rotatable bonds is 5. The number of benzene rings is 2. The van der Waals surface area contributed by atoms with Gasteiger partial charge in [-0.3, -0.25) is 9.78 Å². The predicted molar refractivity (Wildman–Crippen MR) is 113 cm³/mol. The maximum Gasteiger partial charge on any atom is 0.235 e. The second-order valence-corrected chi connectivity index (χ2v) is 7.73. The fourth-order valence-corrected chi connectivity index (χ4v) is 4.18. The topological polar surface area (TPSA) is 84.1 Å². The molecule has 3 aromatic rings. The van der Waals surface area contributed by atoms with Gasteiger partial charge in [0.1, 0.15) is 11.6 Å². The summed E-state index contributed by atoms with van der Waals surface area (Å²) in [5, 5.41) is 2.82. The van der Waals surface area contributed by atoms with E-state index >= 15 is 0 Å². The number of carbonyl (C=O) groups excluding carboxylic acids is 1. The van der Waals surface area contributed by atoms with E-state index in [0.717, 1.165) is 23.2 Å². The van der Waals surface area contributed by atoms with Crippen molar-refractivity contribution >= 4 is 23.7 Å². The molecule has 2 aromatic carbocycles. The van der Waals surface area contributed by atoms with E-state index in [-0.39, 0.29) is 11.7 Å². The number of nitrogens with two attached hydrogens (primary N) is 1. The normalized spacial score (nSPS) is 14.6. The van der Waals surface area contributed by atoms with Gasteiger partial charge in [0.2, 0.25) is 5.91 Å². The van der Waals surface area contributed by atoms with Crippen molar-refractivity contribution in [3.05, 3.63) is 66.2 Å². The molecule has 29 heavy (non-hydrogen) atoms. The Hall–Kier alpha value is -2.97. The van der Waals surface area contributed by atoms with E-state index < -0.39 is 0 Å². The minimum Gasteiger partial charge on any atom is -0.382 e. The Bertz CT molecular complexity index is 1030. The highest BCUT2D eigenvalue weighted by atomic mass is 32.2. The number of nitrogens with one attached hydrogen (secondary N) is 1. The summed E-state index contributed by atoms with van der Waals surface area (Å²) in [7, 11) is 0. The molecule has 1 saturated heterocycles. The zero-order valence-corrected chi connectivity index (χ0v) is 16.5. The van der Waals surface area contributed by atoms with Crippen LogP contribution in [0.25, 0.3) is 22.4 Å². The lowest BCUT2D eigenvalue weighted by molar-refractivity contribution is -0.122. The van der Waals surface area contributed by atoms with Crippen molar-refractivity contribution in [1.82, 2.24) is 19.6 Å². The van der Waals surface area contributed by atoms with Crippen molar-refractivity contribution in [2.75, 3.05) is 25.4 Å². The van der Waals surface area contributed by atoms with Crippen LogP contribution in [-0.2, 0) is 10.5 Å². The van der Waals surface area contributed by atoms with Gasteiger partial charge in [-0.05, 0) is 28.8 Å². The maximum absolute atomic E-state index is 14.8. The van der Waals surface area contributed by atoms with Gasteiger partial charge in [-0.2, -0.15) is 0 Å². The average molecular weight is 409 g/mol. The van der Waals surface area contributed by atoms with Gasteiger partial charge < -0.3 is 11.1 Å². The molecule has 1 fully saturated rings. The van der Waals surface area contributed by atoms with Crippen LogP contribution >= 0.6 is 11.9 Å². The van der Waals surface area contributed by atoms with E-state index in [1.165, 1.54) is 18.5 Å². The molecule has 2 heterocycles. The monoisotopic (exact) mass is 409 g/mol. The highest BCUT2D eigenvalue weighted by Gasteiger charge is 2.17. The zero-order chi connectivity index (χ0) is 20.2. The fraction of sp³-hybridized carbons (Fsp3) is 0.190. The lowest BCUT2D eigenvalue weighted by atomic mass is 9.98. The smallest absolute Gasteiger partial charge is 0.235 e. The molecule has 0 spiro atoms. The van der Waals surface area contributed by atoms with Crippen LogP contribution in [0.2, 0.25) is 0 Å². The number of anilines is 1. The highest BCUT2D eigenvalue weighted by molar-refractivity contribution is 7.96. The van der Waals surface area contributed by atoms with Gasteiger partial charge in [-0.25, -0.2) is 13.7 Å². The molecule has 1 aliphatic heterocycles. The Morgan fingerprint density at radius 3 is 2.76 bits per heavy atom. The van der Waals surface area contributed by atoms with E-state index in [4.69, 9.17) is 5.73 Å². The lowest BCUT2D eigenvalue weighted by Crippen LogP contribution is -2.44. The summed E-state index contributed by atoms with van der Waals surface area (Å²) in [5.74, 6) is 0.677. The van der Waals surface area contributed by atoms with Crippen molar-refractivity contribution < 1.29 is 9.18 Å². The molecule has 3 N–H and O–H groups in total. The predicted octanol–water partition coefficient (Wildman–Crippen LogP) is 3.11. The van der Waals surface area contributed by atoms with Crippen molar-refractivity contribution in [3.63, 3.8) is 0 Å². The standard InChI is InChI=1S/C21H20FN5OS/c22-18-9-14(5-6-17(18)19-10-26-20(23)11-25-19)16-4-2-1-3-15(16)13-29-27-8-7-24-21(28)12-27/h1-6,9-11H,7-8,12-13H2,(H2,23,26)(H,24,28). The van der Waals surface area contributed by atoms with Gasteiger partial charge >= 0.3 is 0 Å². The van der Waals surface area contributed by atoms with Crippen LogP contribution < -0.4 is 11.1 Å². The van der Waals surface area contributed by atoms with Crippen molar-refractivity contribution in [1.29, 1.82) is 0 Å². The van der Waals surface area contributed by atoms with Gasteiger partial charge in [0.05, 0.1) is 24.6 Å². The average Bonchev–Trinajstić information content (AvgIpc) is 2.73. The number of aromatic nitrogens is 2. The molecular formula is C21H20FN5OS. The molecule has 1 aromatic heterocycles. The molecule has 0 unspecified atom stereocenters. The third-order valence-corrected chi connectivity index (χ3v) is 5.77. The molecule has 8 heteroatoms. The molecule has 0 bridgehead atoms. The van der Waals surface area contributed by atoms with Gasteiger partial charge in [0, 0.05) is 24.4 Å². The zero-order valence-electron chi connectivity index (χ0n) is 15.6. The first-order valence-corrected chi connectivity index (χ1v) is 10.1. The van der Waals surface area contributed by atoms with Gasteiger partial charge in [-0.1, -0.05) is 42.3 Å². The fourth-order valence-electron chi connectivity index (χ4n) is 3.18. The van der Waals surface area contributed by atoms with E-state index in [1.54, 1.807) is 18.0 Å². The Balaban J connectivity index is 1.56. The summed E-state index contributed by atoms with van der Waals surface area (Å²) in [6.45, 7) is 1.86. The second-order valence-electron chi connectivity index (χ2n) is 6.67. The molecular weight excluding hydrogens is 389 g/mol. The second kappa shape index (κ2) is 8.59. The molecule has 0 aliphatic carbocycles. The largest absolute Gasteiger partial charge is 0.382 e. The van der Waals surface area contributed by atoms with Gasteiger partial charge in [0.25, 0.3) is 0 Å². The number of halogens is 1. The van der Waals surface area contributed by atoms with E-state index in [1.807, 2.05) is 30.3 Å². The number of hydrogen-bond acceptors (Lipinski definition) is 6. The van der Waals surface area contributed by atoms with Gasteiger partial charge in [0.15, 0.2) is 0 Å². The van der Waals surface area contributed by atoms with E-state index in [9.17, 15) is 9.18 Å². The summed E-state index contributed by atoms with van der Waals surface area (Å²) < 4.78 is 16.9. The molecule has 1 amide bonds. The first kappa shape index (κ1) is 19.4. The van der Waals surface area contributed by atoms with Crippen molar-refractivity contribution in [2.45, 2.75) is 5.75 Å². The summed E-state index contributed by atoms with van der Waals surface area (Å²) in [6.07, 6.45) is 2.88. The number of hydrogen-bond donors (Lipinski definition) is 2. The number of piperazine rings is 1. The summed E-state index contributed by atoms with van der Waals surface area (Å²) >= 11 is 1.62. The van der Waals surface area contributed by atoms with Crippen molar-refractivity contribution in [3.8, 4) is 22.4 Å². The minimum atomic E-state index is -0.364. The van der Waals surface area contributed by atoms with Crippen LogP contribution in [0.15, 0.2) is 54.9 Å². The Labute approximate surface area is 172 Å². The maximum atomic E-state index is 14.8. The van der Waals surface area contributed by atoms with Crippen molar-refractivity contribution in [2.24, 2.45) is 0 Å². The molecule has 0 saturated carbocycles. The molecule has 148 valence electrons.